The van der Waals surface area contributed by atoms with Crippen molar-refractivity contribution in [2.75, 3.05) is 37.9 Å². The van der Waals surface area contributed by atoms with Crippen LogP contribution in [-0.2, 0) is 14.8 Å². The van der Waals surface area contributed by atoms with Crippen molar-refractivity contribution >= 4 is 27.3 Å². The number of rotatable bonds is 8. The highest BCUT2D eigenvalue weighted by atomic mass is 32.2. The molecular weight excluding hydrogens is 442 g/mol. The van der Waals surface area contributed by atoms with Gasteiger partial charge in [-0.15, -0.1) is 0 Å². The summed E-state index contributed by atoms with van der Waals surface area (Å²) in [6.07, 6.45) is -4.58. The van der Waals surface area contributed by atoms with Crippen molar-refractivity contribution < 1.29 is 35.5 Å². The third-order valence-electron chi connectivity index (χ3n) is 4.03. The molecule has 0 aliphatic carbocycles. The van der Waals surface area contributed by atoms with E-state index in [4.69, 9.17) is 0 Å². The van der Waals surface area contributed by atoms with Gasteiger partial charge in [-0.3, -0.25) is 4.79 Å². The highest BCUT2D eigenvalue weighted by Crippen LogP contribution is 2.28. The monoisotopic (exact) mass is 463 g/mol. The Hall–Kier alpha value is -2.86. The third-order valence-corrected chi connectivity index (χ3v) is 5.85. The Kier molecular flexibility index (Phi) is 7.49. The molecule has 0 saturated heterocycles. The Labute approximate surface area is 177 Å². The smallest absolute Gasteiger partial charge is 0.422 e. The highest BCUT2D eigenvalue weighted by Gasteiger charge is 2.29. The zero-order valence-corrected chi connectivity index (χ0v) is 17.7. The molecule has 0 spiro atoms. The van der Waals surface area contributed by atoms with Crippen molar-refractivity contribution in [3.63, 3.8) is 0 Å². The number of carbonyl (C=O) groups excluding carboxylic acids is 1. The van der Waals surface area contributed by atoms with Crippen LogP contribution in [0.4, 0.5) is 28.9 Å². The largest absolute Gasteiger partial charge is 0.482 e. The number of alkyl halides is 3. The highest BCUT2D eigenvalue weighted by molar-refractivity contribution is 7.89. The van der Waals surface area contributed by atoms with Crippen LogP contribution < -0.4 is 15.4 Å². The molecule has 2 rings (SSSR count). The molecule has 0 radical (unpaired) electrons. The first-order valence-corrected chi connectivity index (χ1v) is 10.3. The van der Waals surface area contributed by atoms with Crippen molar-refractivity contribution in [1.29, 1.82) is 0 Å². The lowest BCUT2D eigenvalue weighted by Gasteiger charge is -2.16. The predicted molar refractivity (Wildman–Crippen MR) is 107 cm³/mol. The molecule has 0 aliphatic heterocycles. The summed E-state index contributed by atoms with van der Waals surface area (Å²) in [7, 11) is -0.980. The van der Waals surface area contributed by atoms with Gasteiger partial charge in [0.15, 0.2) is 6.61 Å². The van der Waals surface area contributed by atoms with Gasteiger partial charge in [0.25, 0.3) is 0 Å². The third kappa shape index (κ3) is 6.82. The van der Waals surface area contributed by atoms with Gasteiger partial charge in [0.1, 0.15) is 11.6 Å². The van der Waals surface area contributed by atoms with Crippen molar-refractivity contribution in [2.45, 2.75) is 18.0 Å². The number of ether oxygens (including phenoxy) is 1. The SMILES string of the molecule is Cc1ccc(S(=O)(=O)N(C)C)cc1NC(=O)CNc1cc(F)ccc1OCC(F)(F)F. The standard InChI is InChI=1S/C19H21F4N3O4S/c1-12-4-6-14(31(28,29)26(2)3)9-15(12)25-18(27)10-24-16-8-13(20)5-7-17(16)30-11-19(21,22)23/h4-9,24H,10-11H2,1-3H3,(H,25,27). The second-order valence-electron chi connectivity index (χ2n) is 6.71. The van der Waals surface area contributed by atoms with Crippen LogP contribution >= 0.6 is 0 Å². The number of benzene rings is 2. The Morgan fingerprint density at radius 2 is 1.77 bits per heavy atom. The average Bonchev–Trinajstić information content (AvgIpc) is 2.66. The fourth-order valence-corrected chi connectivity index (χ4v) is 3.33. The first-order chi connectivity index (χ1) is 14.3. The summed E-state index contributed by atoms with van der Waals surface area (Å²) < 4.78 is 80.8. The van der Waals surface area contributed by atoms with Gasteiger partial charge < -0.3 is 15.4 Å². The summed E-state index contributed by atoms with van der Waals surface area (Å²) in [5.74, 6) is -1.64. The molecule has 31 heavy (non-hydrogen) atoms. The second kappa shape index (κ2) is 9.52. The summed E-state index contributed by atoms with van der Waals surface area (Å²) in [4.78, 5) is 12.3. The number of nitrogens with zero attached hydrogens (tertiary/aromatic N) is 1. The van der Waals surface area contributed by atoms with Crippen LogP contribution in [0.1, 0.15) is 5.56 Å². The Bertz CT molecular complexity index is 1060. The number of hydrogen-bond acceptors (Lipinski definition) is 5. The van der Waals surface area contributed by atoms with Gasteiger partial charge in [-0.05, 0) is 36.8 Å². The van der Waals surface area contributed by atoms with Crippen LogP contribution in [0.25, 0.3) is 0 Å². The zero-order chi connectivity index (χ0) is 23.4. The second-order valence-corrected chi connectivity index (χ2v) is 8.86. The van der Waals surface area contributed by atoms with E-state index in [0.717, 1.165) is 22.5 Å². The number of halogens is 4. The van der Waals surface area contributed by atoms with Crippen LogP contribution in [0.15, 0.2) is 41.3 Å². The summed E-state index contributed by atoms with van der Waals surface area (Å²) in [5.41, 5.74) is 0.689. The molecular formula is C19H21F4N3O4S. The van der Waals surface area contributed by atoms with Crippen LogP contribution in [0.2, 0.25) is 0 Å². The molecule has 7 nitrogen and oxygen atoms in total. The normalized spacial score (nSPS) is 12.0. The molecule has 0 bridgehead atoms. The maximum atomic E-state index is 13.5. The van der Waals surface area contributed by atoms with E-state index in [1.807, 2.05) is 0 Å². The van der Waals surface area contributed by atoms with E-state index in [2.05, 4.69) is 15.4 Å². The van der Waals surface area contributed by atoms with E-state index in [-0.39, 0.29) is 22.0 Å². The fourth-order valence-electron chi connectivity index (χ4n) is 2.40. The maximum Gasteiger partial charge on any atom is 0.422 e. The first-order valence-electron chi connectivity index (χ1n) is 8.85. The molecule has 1 amide bonds. The van der Waals surface area contributed by atoms with Crippen LogP contribution in [0, 0.1) is 12.7 Å². The first kappa shape index (κ1) is 24.4. The predicted octanol–water partition coefficient (Wildman–Crippen LogP) is 3.38. The molecule has 0 aliphatic rings. The average molecular weight is 463 g/mol. The lowest BCUT2D eigenvalue weighted by atomic mass is 10.2. The number of nitrogens with one attached hydrogen (secondary N) is 2. The summed E-state index contributed by atoms with van der Waals surface area (Å²) in [5, 5.41) is 5.05. The van der Waals surface area contributed by atoms with Gasteiger partial charge in [-0.2, -0.15) is 13.2 Å². The number of amides is 1. The van der Waals surface area contributed by atoms with Crippen molar-refractivity contribution in [2.24, 2.45) is 0 Å². The minimum atomic E-state index is -4.58. The number of hydrogen-bond donors (Lipinski definition) is 2. The molecule has 170 valence electrons. The molecule has 0 unspecified atom stereocenters. The molecule has 0 aromatic heterocycles. The lowest BCUT2D eigenvalue weighted by Crippen LogP contribution is -2.24. The molecule has 0 atom stereocenters. The van der Waals surface area contributed by atoms with E-state index < -0.39 is 41.1 Å². The molecule has 0 fully saturated rings. The molecule has 0 saturated carbocycles. The van der Waals surface area contributed by atoms with Crippen molar-refractivity contribution in [1.82, 2.24) is 4.31 Å². The van der Waals surface area contributed by atoms with E-state index in [0.29, 0.717) is 5.56 Å². The summed E-state index contributed by atoms with van der Waals surface area (Å²) in [6, 6.07) is 7.06. The van der Waals surface area contributed by atoms with E-state index in [1.165, 1.54) is 32.3 Å². The molecule has 2 aromatic rings. The van der Waals surface area contributed by atoms with Crippen LogP contribution in [0.3, 0.4) is 0 Å². The van der Waals surface area contributed by atoms with Gasteiger partial charge in [0, 0.05) is 25.8 Å². The Balaban J connectivity index is 2.12. The summed E-state index contributed by atoms with van der Waals surface area (Å²) in [6.45, 7) is -0.355. The van der Waals surface area contributed by atoms with Gasteiger partial charge in [0.2, 0.25) is 15.9 Å². The van der Waals surface area contributed by atoms with Gasteiger partial charge >= 0.3 is 6.18 Å². The summed E-state index contributed by atoms with van der Waals surface area (Å²) >= 11 is 0. The number of carbonyl (C=O) groups is 1. The van der Waals surface area contributed by atoms with Gasteiger partial charge in [0.05, 0.1) is 17.1 Å². The Morgan fingerprint density at radius 1 is 1.10 bits per heavy atom. The number of aryl methyl sites for hydroxylation is 1. The van der Waals surface area contributed by atoms with E-state index in [1.54, 1.807) is 6.92 Å². The topological polar surface area (TPSA) is 87.7 Å². The van der Waals surface area contributed by atoms with Gasteiger partial charge in [-0.25, -0.2) is 17.1 Å². The van der Waals surface area contributed by atoms with E-state index in [9.17, 15) is 30.8 Å². The minimum absolute atomic E-state index is 0.0284. The molecule has 2 N–H and O–H groups in total. The van der Waals surface area contributed by atoms with Crippen molar-refractivity contribution in [3.05, 3.63) is 47.8 Å². The van der Waals surface area contributed by atoms with Crippen LogP contribution in [0.5, 0.6) is 5.75 Å². The quantitative estimate of drug-likeness (QED) is 0.586. The van der Waals surface area contributed by atoms with Gasteiger partial charge in [-0.1, -0.05) is 6.07 Å². The number of sulfonamides is 1. The fraction of sp³-hybridized carbons (Fsp3) is 0.316. The lowest BCUT2D eigenvalue weighted by molar-refractivity contribution is -0.153. The molecule has 0 heterocycles. The number of anilines is 2. The Morgan fingerprint density at radius 3 is 2.39 bits per heavy atom. The van der Waals surface area contributed by atoms with Crippen LogP contribution in [-0.4, -0.2) is 52.1 Å². The van der Waals surface area contributed by atoms with E-state index >= 15 is 0 Å². The maximum absolute atomic E-state index is 13.5. The molecule has 12 heteroatoms. The van der Waals surface area contributed by atoms with Crippen molar-refractivity contribution in [3.8, 4) is 5.75 Å². The zero-order valence-electron chi connectivity index (χ0n) is 16.9. The molecule has 2 aromatic carbocycles. The minimum Gasteiger partial charge on any atom is -0.482 e.